The van der Waals surface area contributed by atoms with Crippen molar-refractivity contribution in [1.29, 1.82) is 0 Å². The number of likely N-dealkylation sites (tertiary alicyclic amines) is 1. The van der Waals surface area contributed by atoms with Crippen molar-refractivity contribution in [2.24, 2.45) is 0 Å². The van der Waals surface area contributed by atoms with Crippen molar-refractivity contribution in [3.63, 3.8) is 0 Å². The normalized spacial score (nSPS) is 19.7. The molecule has 3 rings (SSSR count). The van der Waals surface area contributed by atoms with Gasteiger partial charge in [-0.15, -0.1) is 0 Å². The van der Waals surface area contributed by atoms with Gasteiger partial charge in [0.1, 0.15) is 0 Å². The van der Waals surface area contributed by atoms with Crippen LogP contribution in [0.1, 0.15) is 14.7 Å². The van der Waals surface area contributed by atoms with Gasteiger partial charge in [-0.2, -0.15) is 0 Å². The molecule has 2 heteroatoms. The van der Waals surface area contributed by atoms with E-state index in [4.69, 9.17) is 2.74 Å². The number of nitrogens with one attached hydrogen (secondary N) is 1. The van der Waals surface area contributed by atoms with E-state index in [1.165, 1.54) is 0 Å². The molecule has 0 spiro atoms. The average molecular weight is 202 g/mol. The van der Waals surface area contributed by atoms with Gasteiger partial charge in [0, 0.05) is 26.3 Å². The third-order valence-electron chi connectivity index (χ3n) is 3.02. The molecule has 2 nitrogen and oxygen atoms in total. The Kier molecular flexibility index (Phi) is 1.75. The Labute approximate surface area is 92.7 Å². The zero-order valence-corrected chi connectivity index (χ0v) is 8.66. The number of rotatable bonds is 3. The predicted octanol–water partition coefficient (Wildman–Crippen LogP) is 2.42. The Hall–Kier alpha value is -1.28. The lowest BCUT2D eigenvalue weighted by molar-refractivity contribution is 0.184. The van der Waals surface area contributed by atoms with Gasteiger partial charge in [0.05, 0.1) is 0 Å². The highest BCUT2D eigenvalue weighted by molar-refractivity contribution is 5.83. The van der Waals surface area contributed by atoms with Crippen LogP contribution in [-0.4, -0.2) is 29.5 Å². The molecule has 1 aromatic heterocycles. The molecule has 1 fully saturated rings. The van der Waals surface area contributed by atoms with Gasteiger partial charge in [-0.25, -0.2) is 0 Å². The van der Waals surface area contributed by atoms with Gasteiger partial charge in [0.2, 0.25) is 0 Å². The SMILES string of the molecule is [2H]C([2H])(Cc1c[nH]c2ccccc12)N1CCC1. The summed E-state index contributed by atoms with van der Waals surface area (Å²) in [4.78, 5) is 5.11. The number of benzene rings is 1. The second-order valence-corrected chi connectivity index (χ2v) is 4.03. The second-order valence-electron chi connectivity index (χ2n) is 4.03. The van der Waals surface area contributed by atoms with Crippen LogP contribution in [0.3, 0.4) is 0 Å². The number of aromatic nitrogens is 1. The van der Waals surface area contributed by atoms with E-state index in [1.807, 2.05) is 35.4 Å². The molecule has 0 saturated carbocycles. The van der Waals surface area contributed by atoms with Gasteiger partial charge in [-0.05, 0) is 37.6 Å². The van der Waals surface area contributed by atoms with Gasteiger partial charge in [0.25, 0.3) is 0 Å². The highest BCUT2D eigenvalue weighted by atomic mass is 15.2. The smallest absolute Gasteiger partial charge is 0.0456 e. The van der Waals surface area contributed by atoms with Crippen LogP contribution in [0.4, 0.5) is 0 Å². The molecule has 0 atom stereocenters. The predicted molar refractivity (Wildman–Crippen MR) is 63.1 cm³/mol. The molecule has 2 aromatic rings. The van der Waals surface area contributed by atoms with Gasteiger partial charge >= 0.3 is 0 Å². The van der Waals surface area contributed by atoms with Gasteiger partial charge in [-0.3, -0.25) is 0 Å². The summed E-state index contributed by atoms with van der Waals surface area (Å²) in [6.45, 7) is 0.550. The largest absolute Gasteiger partial charge is 0.361 e. The number of nitrogens with zero attached hydrogens (tertiary/aromatic N) is 1. The molecule has 1 aliphatic rings. The van der Waals surface area contributed by atoms with Crippen molar-refractivity contribution in [2.45, 2.75) is 12.8 Å². The first-order chi connectivity index (χ1) is 8.17. The lowest BCUT2D eigenvalue weighted by Gasteiger charge is -2.30. The van der Waals surface area contributed by atoms with E-state index in [2.05, 4.69) is 4.98 Å². The molecule has 0 bridgehead atoms. The lowest BCUT2D eigenvalue weighted by Crippen LogP contribution is -2.38. The van der Waals surface area contributed by atoms with Crippen LogP contribution in [0, 0.1) is 0 Å². The van der Waals surface area contributed by atoms with Crippen LogP contribution in [0.15, 0.2) is 30.5 Å². The summed E-state index contributed by atoms with van der Waals surface area (Å²) in [7, 11) is 0. The van der Waals surface area contributed by atoms with Crippen molar-refractivity contribution < 1.29 is 2.74 Å². The average Bonchev–Trinajstić information content (AvgIpc) is 2.58. The Bertz CT molecular complexity index is 529. The minimum atomic E-state index is -1.22. The fourth-order valence-electron chi connectivity index (χ4n) is 1.95. The number of para-hydroxylation sites is 1. The molecule has 0 aliphatic carbocycles. The summed E-state index contributed by atoms with van der Waals surface area (Å²) in [6, 6.07) is 8.07. The number of aryl methyl sites for hydroxylation is 1. The Morgan fingerprint density at radius 2 is 2.20 bits per heavy atom. The van der Waals surface area contributed by atoms with E-state index in [0.29, 0.717) is 6.42 Å². The minimum Gasteiger partial charge on any atom is -0.361 e. The van der Waals surface area contributed by atoms with Crippen LogP contribution in [-0.2, 0) is 6.42 Å². The lowest BCUT2D eigenvalue weighted by atomic mass is 10.1. The first kappa shape index (κ1) is 7.07. The molecule has 0 amide bonds. The van der Waals surface area contributed by atoms with Crippen molar-refractivity contribution in [3.8, 4) is 0 Å². The third-order valence-corrected chi connectivity index (χ3v) is 3.02. The molecular formula is C13H16N2. The van der Waals surface area contributed by atoms with Crippen LogP contribution < -0.4 is 0 Å². The Balaban J connectivity index is 1.89. The van der Waals surface area contributed by atoms with Gasteiger partial charge in [0.15, 0.2) is 0 Å². The summed E-state index contributed by atoms with van der Waals surface area (Å²) in [5.74, 6) is 0. The van der Waals surface area contributed by atoms with E-state index in [-0.39, 0.29) is 0 Å². The molecule has 15 heavy (non-hydrogen) atoms. The quantitative estimate of drug-likeness (QED) is 0.810. The van der Waals surface area contributed by atoms with Crippen LogP contribution in [0.25, 0.3) is 10.9 Å². The molecule has 1 aliphatic heterocycles. The van der Waals surface area contributed by atoms with Crippen molar-refractivity contribution >= 4 is 10.9 Å². The molecule has 1 aromatic carbocycles. The standard InChI is InChI=1S/C13H16N2/c1-2-5-13-12(4-1)11(10-14-13)6-9-15-7-3-8-15/h1-2,4-5,10,14H,3,6-9H2/i9D2. The first-order valence-corrected chi connectivity index (χ1v) is 5.47. The summed E-state index contributed by atoms with van der Waals surface area (Å²) in [6.07, 6.45) is 3.51. The molecule has 78 valence electrons. The fraction of sp³-hybridized carbons (Fsp3) is 0.385. The maximum atomic E-state index is 8.11. The molecule has 1 N–H and O–H groups in total. The summed E-state index contributed by atoms with van der Waals surface area (Å²) in [5.41, 5.74) is 2.15. The van der Waals surface area contributed by atoms with Crippen LogP contribution in [0.5, 0.6) is 0 Å². The van der Waals surface area contributed by atoms with Gasteiger partial charge < -0.3 is 9.88 Å². The Morgan fingerprint density at radius 1 is 1.33 bits per heavy atom. The number of fused-ring (bicyclic) bond motifs is 1. The van der Waals surface area contributed by atoms with E-state index in [1.54, 1.807) is 0 Å². The van der Waals surface area contributed by atoms with E-state index in [0.717, 1.165) is 36.0 Å². The third kappa shape index (κ3) is 1.65. The summed E-state index contributed by atoms with van der Waals surface area (Å²) >= 11 is 0. The summed E-state index contributed by atoms with van der Waals surface area (Å²) in [5, 5.41) is 1.14. The van der Waals surface area contributed by atoms with Crippen molar-refractivity contribution in [2.75, 3.05) is 19.6 Å². The monoisotopic (exact) mass is 202 g/mol. The van der Waals surface area contributed by atoms with E-state index in [9.17, 15) is 0 Å². The van der Waals surface area contributed by atoms with Crippen molar-refractivity contribution in [3.05, 3.63) is 36.0 Å². The summed E-state index contributed by atoms with van der Waals surface area (Å²) < 4.78 is 16.2. The second kappa shape index (κ2) is 3.70. The molecule has 1 saturated heterocycles. The van der Waals surface area contributed by atoms with E-state index < -0.39 is 6.50 Å². The van der Waals surface area contributed by atoms with E-state index >= 15 is 0 Å². The van der Waals surface area contributed by atoms with Crippen LogP contribution in [0.2, 0.25) is 0 Å². The molecule has 2 heterocycles. The fourth-order valence-corrected chi connectivity index (χ4v) is 1.95. The topological polar surface area (TPSA) is 19.0 Å². The number of hydrogen-bond donors (Lipinski definition) is 1. The van der Waals surface area contributed by atoms with Crippen molar-refractivity contribution in [1.82, 2.24) is 9.88 Å². The Morgan fingerprint density at radius 3 is 3.00 bits per heavy atom. The maximum absolute atomic E-state index is 8.11. The molecule has 0 unspecified atom stereocenters. The van der Waals surface area contributed by atoms with Crippen LogP contribution >= 0.6 is 0 Å². The zero-order valence-electron chi connectivity index (χ0n) is 10.7. The molecular weight excluding hydrogens is 184 g/mol. The zero-order chi connectivity index (χ0) is 11.9. The van der Waals surface area contributed by atoms with Gasteiger partial charge in [-0.1, -0.05) is 18.2 Å². The maximum Gasteiger partial charge on any atom is 0.0456 e. The first-order valence-electron chi connectivity index (χ1n) is 6.47. The number of H-pyrrole nitrogens is 1. The highest BCUT2D eigenvalue weighted by Gasteiger charge is 2.13. The number of aromatic amines is 1. The highest BCUT2D eigenvalue weighted by Crippen LogP contribution is 2.19. The minimum absolute atomic E-state index is 0.455. The molecule has 0 radical (unpaired) electrons. The number of hydrogen-bond acceptors (Lipinski definition) is 1.